The summed E-state index contributed by atoms with van der Waals surface area (Å²) in [6.45, 7) is 5.35. The van der Waals surface area contributed by atoms with E-state index in [1.807, 2.05) is 12.1 Å². The van der Waals surface area contributed by atoms with Gasteiger partial charge >= 0.3 is 0 Å². The minimum atomic E-state index is 0. The molecule has 2 aromatic carbocycles. The highest BCUT2D eigenvalue weighted by atomic mass is 35.5. The number of ether oxygens (including phenoxy) is 2. The van der Waals surface area contributed by atoms with Crippen LogP contribution in [0.5, 0.6) is 5.75 Å². The predicted octanol–water partition coefficient (Wildman–Crippen LogP) is 4.12. The summed E-state index contributed by atoms with van der Waals surface area (Å²) in [4.78, 5) is 0. The molecular formula is C19H26ClNO2. The Bertz CT molecular complexity index is 540. The topological polar surface area (TPSA) is 30.5 Å². The normalized spacial score (nSPS) is 10.2. The second-order valence-electron chi connectivity index (χ2n) is 5.44. The number of nitrogens with one attached hydrogen (secondary N) is 1. The second kappa shape index (κ2) is 11.1. The molecule has 23 heavy (non-hydrogen) atoms. The van der Waals surface area contributed by atoms with Gasteiger partial charge in [0.15, 0.2) is 0 Å². The summed E-state index contributed by atoms with van der Waals surface area (Å²) in [7, 11) is 1.73. The highest BCUT2D eigenvalue weighted by Crippen LogP contribution is 2.14. The minimum Gasteiger partial charge on any atom is -0.489 e. The van der Waals surface area contributed by atoms with Crippen LogP contribution in [0.4, 0.5) is 0 Å². The number of aryl methyl sites for hydroxylation is 1. The van der Waals surface area contributed by atoms with Crippen molar-refractivity contribution in [2.75, 3.05) is 20.3 Å². The van der Waals surface area contributed by atoms with Crippen LogP contribution in [0.25, 0.3) is 0 Å². The molecule has 0 fully saturated rings. The van der Waals surface area contributed by atoms with Gasteiger partial charge in [-0.25, -0.2) is 0 Å². The molecular weight excluding hydrogens is 310 g/mol. The molecule has 0 bridgehead atoms. The third-order valence-corrected chi connectivity index (χ3v) is 3.48. The lowest BCUT2D eigenvalue weighted by Crippen LogP contribution is -2.15. The average molecular weight is 336 g/mol. The molecule has 0 aliphatic rings. The Kier molecular flexibility index (Phi) is 9.37. The summed E-state index contributed by atoms with van der Waals surface area (Å²) in [5, 5.41) is 3.40. The van der Waals surface area contributed by atoms with Gasteiger partial charge in [-0.15, -0.1) is 12.4 Å². The third kappa shape index (κ3) is 7.51. The number of benzene rings is 2. The standard InChI is InChI=1S/C19H25NO2.ClH/c1-16-4-6-18(7-5-16)15-22-19-10-8-17(9-11-19)14-20-12-3-13-21-2;/h4-11,20H,3,12-15H2,1-2H3;1H. The van der Waals surface area contributed by atoms with Gasteiger partial charge in [0.2, 0.25) is 0 Å². The van der Waals surface area contributed by atoms with E-state index in [0.717, 1.165) is 31.9 Å². The lowest BCUT2D eigenvalue weighted by Gasteiger charge is -2.08. The largest absolute Gasteiger partial charge is 0.489 e. The van der Waals surface area contributed by atoms with Gasteiger partial charge in [0.1, 0.15) is 12.4 Å². The van der Waals surface area contributed by atoms with Crippen molar-refractivity contribution in [3.8, 4) is 5.75 Å². The first-order valence-corrected chi connectivity index (χ1v) is 7.75. The number of halogens is 1. The van der Waals surface area contributed by atoms with Gasteiger partial charge in [-0.3, -0.25) is 0 Å². The molecule has 0 spiro atoms. The molecule has 0 amide bonds. The van der Waals surface area contributed by atoms with E-state index in [-0.39, 0.29) is 12.4 Å². The predicted molar refractivity (Wildman–Crippen MR) is 97.4 cm³/mol. The highest BCUT2D eigenvalue weighted by Gasteiger charge is 1.98. The number of hydrogen-bond donors (Lipinski definition) is 1. The number of hydrogen-bond acceptors (Lipinski definition) is 3. The zero-order valence-corrected chi connectivity index (χ0v) is 14.7. The van der Waals surface area contributed by atoms with Crippen molar-refractivity contribution in [1.82, 2.24) is 5.32 Å². The van der Waals surface area contributed by atoms with Crippen LogP contribution in [0.1, 0.15) is 23.1 Å². The van der Waals surface area contributed by atoms with Gasteiger partial charge in [0, 0.05) is 20.3 Å². The van der Waals surface area contributed by atoms with Gasteiger partial charge < -0.3 is 14.8 Å². The van der Waals surface area contributed by atoms with E-state index in [2.05, 4.69) is 48.6 Å². The third-order valence-electron chi connectivity index (χ3n) is 3.48. The number of rotatable bonds is 9. The van der Waals surface area contributed by atoms with Gasteiger partial charge in [-0.2, -0.15) is 0 Å². The fourth-order valence-corrected chi connectivity index (χ4v) is 2.13. The molecule has 0 aliphatic carbocycles. The summed E-state index contributed by atoms with van der Waals surface area (Å²) in [5.74, 6) is 0.906. The summed E-state index contributed by atoms with van der Waals surface area (Å²) in [6.07, 6.45) is 1.04. The maximum atomic E-state index is 5.81. The van der Waals surface area contributed by atoms with Crippen molar-refractivity contribution >= 4 is 12.4 Å². The maximum absolute atomic E-state index is 5.81. The Morgan fingerprint density at radius 1 is 0.913 bits per heavy atom. The van der Waals surface area contributed by atoms with Crippen molar-refractivity contribution in [3.63, 3.8) is 0 Å². The monoisotopic (exact) mass is 335 g/mol. The van der Waals surface area contributed by atoms with E-state index in [4.69, 9.17) is 9.47 Å². The van der Waals surface area contributed by atoms with Crippen LogP contribution in [0.15, 0.2) is 48.5 Å². The first-order valence-electron chi connectivity index (χ1n) is 7.75. The minimum absolute atomic E-state index is 0. The van der Waals surface area contributed by atoms with Gasteiger partial charge in [0.05, 0.1) is 0 Å². The van der Waals surface area contributed by atoms with Crippen molar-refractivity contribution in [1.29, 1.82) is 0 Å². The lowest BCUT2D eigenvalue weighted by atomic mass is 10.2. The van der Waals surface area contributed by atoms with Crippen LogP contribution in [-0.2, 0) is 17.9 Å². The van der Waals surface area contributed by atoms with E-state index < -0.39 is 0 Å². The van der Waals surface area contributed by atoms with E-state index >= 15 is 0 Å². The van der Waals surface area contributed by atoms with E-state index in [1.165, 1.54) is 16.7 Å². The van der Waals surface area contributed by atoms with E-state index in [0.29, 0.717) is 6.61 Å². The van der Waals surface area contributed by atoms with Crippen molar-refractivity contribution in [2.24, 2.45) is 0 Å². The summed E-state index contributed by atoms with van der Waals surface area (Å²) < 4.78 is 10.8. The Balaban J connectivity index is 0.00000264. The molecule has 3 nitrogen and oxygen atoms in total. The highest BCUT2D eigenvalue weighted by molar-refractivity contribution is 5.85. The smallest absolute Gasteiger partial charge is 0.119 e. The molecule has 0 radical (unpaired) electrons. The summed E-state index contributed by atoms with van der Waals surface area (Å²) >= 11 is 0. The number of methoxy groups -OCH3 is 1. The van der Waals surface area contributed by atoms with E-state index in [1.54, 1.807) is 7.11 Å². The molecule has 1 N–H and O–H groups in total. The maximum Gasteiger partial charge on any atom is 0.119 e. The molecule has 0 saturated heterocycles. The molecule has 4 heteroatoms. The zero-order valence-electron chi connectivity index (χ0n) is 13.9. The quantitative estimate of drug-likeness (QED) is 0.699. The SMILES string of the molecule is COCCCNCc1ccc(OCc2ccc(C)cc2)cc1.Cl. The first kappa shape index (κ1) is 19.5. The molecule has 2 rings (SSSR count). The molecule has 126 valence electrons. The van der Waals surface area contributed by atoms with Crippen LogP contribution in [-0.4, -0.2) is 20.3 Å². The molecule has 0 saturated carbocycles. The van der Waals surface area contributed by atoms with Gasteiger partial charge in [0.25, 0.3) is 0 Å². The Morgan fingerprint density at radius 3 is 2.22 bits per heavy atom. The fourth-order valence-electron chi connectivity index (χ4n) is 2.13. The molecule has 0 aliphatic heterocycles. The molecule has 0 aromatic heterocycles. The molecule has 0 atom stereocenters. The van der Waals surface area contributed by atoms with Crippen molar-refractivity contribution in [2.45, 2.75) is 26.5 Å². The van der Waals surface area contributed by atoms with Crippen LogP contribution in [0, 0.1) is 6.92 Å². The van der Waals surface area contributed by atoms with Gasteiger partial charge in [-0.1, -0.05) is 42.0 Å². The molecule has 0 unspecified atom stereocenters. The lowest BCUT2D eigenvalue weighted by molar-refractivity contribution is 0.194. The average Bonchev–Trinajstić information content (AvgIpc) is 2.55. The Hall–Kier alpha value is -1.55. The van der Waals surface area contributed by atoms with Crippen molar-refractivity contribution in [3.05, 3.63) is 65.2 Å². The fraction of sp³-hybridized carbons (Fsp3) is 0.368. The van der Waals surface area contributed by atoms with Crippen LogP contribution in [0.2, 0.25) is 0 Å². The Labute approximate surface area is 145 Å². The van der Waals surface area contributed by atoms with Crippen molar-refractivity contribution < 1.29 is 9.47 Å². The Morgan fingerprint density at radius 2 is 1.57 bits per heavy atom. The second-order valence-corrected chi connectivity index (χ2v) is 5.44. The van der Waals surface area contributed by atoms with Crippen LogP contribution >= 0.6 is 12.4 Å². The summed E-state index contributed by atoms with van der Waals surface area (Å²) in [5.41, 5.74) is 3.72. The van der Waals surface area contributed by atoms with Crippen LogP contribution in [0.3, 0.4) is 0 Å². The molecule has 2 aromatic rings. The molecule has 0 heterocycles. The summed E-state index contributed by atoms with van der Waals surface area (Å²) in [6, 6.07) is 16.7. The van der Waals surface area contributed by atoms with Crippen LogP contribution < -0.4 is 10.1 Å². The van der Waals surface area contributed by atoms with Gasteiger partial charge in [-0.05, 0) is 43.1 Å². The first-order chi connectivity index (χ1) is 10.8. The van der Waals surface area contributed by atoms with E-state index in [9.17, 15) is 0 Å². The zero-order chi connectivity index (χ0) is 15.6.